The van der Waals surface area contributed by atoms with Crippen LogP contribution in [0.15, 0.2) is 39.5 Å². The Balaban J connectivity index is 1.54. The number of nitrogens with one attached hydrogen (secondary N) is 2. The molecule has 1 aromatic carbocycles. The average Bonchev–Trinajstić information content (AvgIpc) is 3.13. The van der Waals surface area contributed by atoms with Gasteiger partial charge in [-0.25, -0.2) is 13.4 Å². The van der Waals surface area contributed by atoms with Crippen LogP contribution in [0.2, 0.25) is 0 Å². The molecule has 0 amide bonds. The van der Waals surface area contributed by atoms with Gasteiger partial charge < -0.3 is 10.6 Å². The van der Waals surface area contributed by atoms with E-state index in [0.29, 0.717) is 11.4 Å². The number of hydrogen-bond donors (Lipinski definition) is 2. The van der Waals surface area contributed by atoms with Crippen molar-refractivity contribution in [2.24, 2.45) is 4.99 Å². The van der Waals surface area contributed by atoms with E-state index in [1.54, 1.807) is 6.07 Å². The molecule has 8 heteroatoms. The third-order valence-corrected chi connectivity index (χ3v) is 7.29. The molecule has 2 aromatic rings. The van der Waals surface area contributed by atoms with E-state index in [0.717, 1.165) is 56.2 Å². The van der Waals surface area contributed by atoms with E-state index in [-0.39, 0.29) is 0 Å². The van der Waals surface area contributed by atoms with E-state index < -0.39 is 9.84 Å². The normalized spacial score (nSPS) is 15.2. The van der Waals surface area contributed by atoms with Crippen LogP contribution in [0.4, 0.5) is 0 Å². The topological polar surface area (TPSA) is 73.8 Å². The minimum Gasteiger partial charge on any atom is -0.357 e. The van der Waals surface area contributed by atoms with E-state index in [1.165, 1.54) is 16.7 Å². The lowest BCUT2D eigenvalue weighted by molar-refractivity contribution is 0.260. The first kappa shape index (κ1) is 21.8. The van der Waals surface area contributed by atoms with E-state index >= 15 is 0 Å². The molecule has 158 valence electrons. The summed E-state index contributed by atoms with van der Waals surface area (Å²) in [5.74, 6) is 0.783. The highest BCUT2D eigenvalue weighted by atomic mass is 32.2. The number of fused-ring (bicyclic) bond motifs is 1. The lowest BCUT2D eigenvalue weighted by atomic mass is 10.1. The maximum atomic E-state index is 11.8. The molecule has 1 aromatic heterocycles. The lowest BCUT2D eigenvalue weighted by Gasteiger charge is -2.27. The Labute approximate surface area is 178 Å². The van der Waals surface area contributed by atoms with E-state index in [9.17, 15) is 8.42 Å². The number of rotatable bonds is 7. The summed E-state index contributed by atoms with van der Waals surface area (Å²) in [6, 6.07) is 7.64. The molecule has 2 heterocycles. The maximum absolute atomic E-state index is 11.8. The zero-order valence-electron chi connectivity index (χ0n) is 17.4. The molecule has 0 atom stereocenters. The molecule has 1 aliphatic rings. The van der Waals surface area contributed by atoms with Crippen molar-refractivity contribution in [3.05, 3.63) is 51.2 Å². The first-order valence-electron chi connectivity index (χ1n) is 9.96. The molecule has 0 saturated heterocycles. The first-order valence-corrected chi connectivity index (χ1v) is 12.7. The van der Waals surface area contributed by atoms with E-state index in [4.69, 9.17) is 0 Å². The second-order valence-electron chi connectivity index (χ2n) is 7.39. The van der Waals surface area contributed by atoms with E-state index in [1.807, 2.05) is 37.3 Å². The standard InChI is InChI=1S/C21H30N4O2S2/c1-4-22-21(23-9-11-25-10-7-19-18(15-25)8-12-28-19)24-14-17-5-6-20(16(2)13-17)29(3,26)27/h5-6,8,12-13H,4,7,9-11,14-15H2,1-3H3,(H2,22,23,24). The summed E-state index contributed by atoms with van der Waals surface area (Å²) in [6.07, 6.45) is 2.38. The van der Waals surface area contributed by atoms with Gasteiger partial charge in [-0.3, -0.25) is 4.90 Å². The van der Waals surface area contributed by atoms with Gasteiger partial charge in [-0.15, -0.1) is 11.3 Å². The number of benzene rings is 1. The van der Waals surface area contributed by atoms with Crippen LogP contribution >= 0.6 is 11.3 Å². The van der Waals surface area contributed by atoms with Crippen LogP contribution in [0.25, 0.3) is 0 Å². The summed E-state index contributed by atoms with van der Waals surface area (Å²) in [4.78, 5) is 9.04. The minimum atomic E-state index is -3.19. The van der Waals surface area contributed by atoms with Gasteiger partial charge >= 0.3 is 0 Å². The SMILES string of the molecule is CCNC(=NCc1ccc(S(C)(=O)=O)c(C)c1)NCCN1CCc2sccc2C1. The van der Waals surface area contributed by atoms with Crippen molar-refractivity contribution in [2.75, 3.05) is 32.4 Å². The zero-order chi connectivity index (χ0) is 20.9. The zero-order valence-corrected chi connectivity index (χ0v) is 19.0. The lowest BCUT2D eigenvalue weighted by Crippen LogP contribution is -2.42. The predicted octanol–water partition coefficient (Wildman–Crippen LogP) is 2.57. The van der Waals surface area contributed by atoms with Crippen molar-refractivity contribution in [2.45, 2.75) is 38.3 Å². The summed E-state index contributed by atoms with van der Waals surface area (Å²) in [6.45, 7) is 9.10. The molecule has 0 fully saturated rings. The number of sulfone groups is 1. The van der Waals surface area contributed by atoms with Crippen LogP contribution in [0.3, 0.4) is 0 Å². The van der Waals surface area contributed by atoms with Gasteiger partial charge in [-0.05, 0) is 54.5 Å². The van der Waals surface area contributed by atoms with Crippen LogP contribution in [0, 0.1) is 6.92 Å². The van der Waals surface area contributed by atoms with Crippen molar-refractivity contribution in [3.63, 3.8) is 0 Å². The monoisotopic (exact) mass is 434 g/mol. The Morgan fingerprint density at radius 2 is 2.10 bits per heavy atom. The Hall–Kier alpha value is -1.90. The van der Waals surface area contributed by atoms with Gasteiger partial charge in [0.1, 0.15) is 0 Å². The van der Waals surface area contributed by atoms with Crippen molar-refractivity contribution >= 4 is 27.1 Å². The molecule has 0 radical (unpaired) electrons. The summed E-state index contributed by atoms with van der Waals surface area (Å²) in [7, 11) is -3.19. The Kier molecular flexibility index (Phi) is 7.32. The molecule has 3 rings (SSSR count). The smallest absolute Gasteiger partial charge is 0.191 e. The van der Waals surface area contributed by atoms with Crippen molar-refractivity contribution in [1.82, 2.24) is 15.5 Å². The number of aryl methyl sites for hydroxylation is 1. The Morgan fingerprint density at radius 3 is 2.83 bits per heavy atom. The highest BCUT2D eigenvalue weighted by Gasteiger charge is 2.16. The second kappa shape index (κ2) is 9.73. The molecule has 0 saturated carbocycles. The summed E-state index contributed by atoms with van der Waals surface area (Å²) in [5.41, 5.74) is 3.22. The number of thiophene rings is 1. The van der Waals surface area contributed by atoms with Crippen molar-refractivity contribution < 1.29 is 8.42 Å². The number of aliphatic imine (C=N–C) groups is 1. The Bertz CT molecular complexity index is 967. The van der Waals surface area contributed by atoms with Crippen LogP contribution in [0.1, 0.15) is 28.5 Å². The summed E-state index contributed by atoms with van der Waals surface area (Å²) < 4.78 is 23.5. The molecule has 2 N–H and O–H groups in total. The second-order valence-corrected chi connectivity index (χ2v) is 10.4. The molecular formula is C21H30N4O2S2. The molecule has 0 unspecified atom stereocenters. The third kappa shape index (κ3) is 6.04. The van der Waals surface area contributed by atoms with Gasteiger partial charge in [-0.1, -0.05) is 12.1 Å². The van der Waals surface area contributed by atoms with Crippen molar-refractivity contribution in [3.8, 4) is 0 Å². The molecule has 6 nitrogen and oxygen atoms in total. The Morgan fingerprint density at radius 1 is 1.28 bits per heavy atom. The number of hydrogen-bond acceptors (Lipinski definition) is 5. The molecule has 0 spiro atoms. The van der Waals surface area contributed by atoms with E-state index in [2.05, 4.69) is 32.0 Å². The van der Waals surface area contributed by atoms with Crippen molar-refractivity contribution in [1.29, 1.82) is 0 Å². The van der Waals surface area contributed by atoms with Crippen LogP contribution in [-0.2, 0) is 29.3 Å². The molecular weight excluding hydrogens is 404 g/mol. The molecule has 0 aliphatic carbocycles. The molecule has 29 heavy (non-hydrogen) atoms. The van der Waals surface area contributed by atoms with Crippen LogP contribution < -0.4 is 10.6 Å². The highest BCUT2D eigenvalue weighted by Crippen LogP contribution is 2.23. The quantitative estimate of drug-likeness (QED) is 0.518. The van der Waals surface area contributed by atoms with Gasteiger partial charge in [0.25, 0.3) is 0 Å². The van der Waals surface area contributed by atoms with Crippen LogP contribution in [-0.4, -0.2) is 51.7 Å². The van der Waals surface area contributed by atoms with Gasteiger partial charge in [0.2, 0.25) is 0 Å². The largest absolute Gasteiger partial charge is 0.357 e. The number of nitrogens with zero attached hydrogens (tertiary/aromatic N) is 2. The number of guanidine groups is 1. The van der Waals surface area contributed by atoms with Crippen LogP contribution in [0.5, 0.6) is 0 Å². The third-order valence-electron chi connectivity index (χ3n) is 5.01. The summed E-state index contributed by atoms with van der Waals surface area (Å²) in [5, 5.41) is 8.88. The van der Waals surface area contributed by atoms with Gasteiger partial charge in [0, 0.05) is 43.9 Å². The maximum Gasteiger partial charge on any atom is 0.191 e. The molecule has 1 aliphatic heterocycles. The first-order chi connectivity index (χ1) is 13.9. The highest BCUT2D eigenvalue weighted by molar-refractivity contribution is 7.90. The minimum absolute atomic E-state index is 0.380. The predicted molar refractivity (Wildman–Crippen MR) is 120 cm³/mol. The average molecular weight is 435 g/mol. The van der Waals surface area contributed by atoms with Gasteiger partial charge in [-0.2, -0.15) is 0 Å². The fraction of sp³-hybridized carbons (Fsp3) is 0.476. The van der Waals surface area contributed by atoms with Gasteiger partial charge in [0.15, 0.2) is 15.8 Å². The molecule has 0 bridgehead atoms. The summed E-state index contributed by atoms with van der Waals surface area (Å²) >= 11 is 1.87. The fourth-order valence-electron chi connectivity index (χ4n) is 3.57. The van der Waals surface area contributed by atoms with Gasteiger partial charge in [0.05, 0.1) is 11.4 Å². The fourth-order valence-corrected chi connectivity index (χ4v) is 5.42.